The summed E-state index contributed by atoms with van der Waals surface area (Å²) in [6, 6.07) is 0. The van der Waals surface area contributed by atoms with Crippen molar-refractivity contribution in [1.82, 2.24) is 9.47 Å². The molecule has 0 aromatic carbocycles. The van der Waals surface area contributed by atoms with Crippen LogP contribution >= 0.6 is 0 Å². The third-order valence-electron chi connectivity index (χ3n) is 3.65. The van der Waals surface area contributed by atoms with E-state index in [1.165, 1.54) is 22.7 Å². The van der Waals surface area contributed by atoms with Gasteiger partial charge in [0.25, 0.3) is 5.82 Å². The molecule has 0 amide bonds. The van der Waals surface area contributed by atoms with Crippen molar-refractivity contribution in [2.24, 2.45) is 14.1 Å². The zero-order valence-electron chi connectivity index (χ0n) is 10.6. The summed E-state index contributed by atoms with van der Waals surface area (Å²) in [6.45, 7) is 3.34. The van der Waals surface area contributed by atoms with Crippen LogP contribution in [-0.2, 0) is 14.1 Å². The number of hydrogen-bond donors (Lipinski definition) is 0. The predicted molar refractivity (Wildman–Crippen MR) is 67.7 cm³/mol. The van der Waals surface area contributed by atoms with Crippen molar-refractivity contribution in [2.45, 2.75) is 13.3 Å². The van der Waals surface area contributed by atoms with Crippen molar-refractivity contribution in [3.05, 3.63) is 47.8 Å². The number of allylic oxidation sites excluding steroid dienone is 3. The molecule has 3 nitrogen and oxygen atoms in total. The molecule has 88 valence electrons. The molecule has 1 aromatic rings. The monoisotopic (exact) mass is 228 g/mol. The van der Waals surface area contributed by atoms with E-state index >= 15 is 0 Å². The Morgan fingerprint density at radius 3 is 2.88 bits per heavy atom. The highest BCUT2D eigenvalue weighted by atomic mass is 15.2. The standard InChI is InChI=1S/C14H18N3/c1-11-12(14-15(2)9-10-16(14)3)6-8-17-7-4-5-13(11)17/h5-6,8-10H,4,7H2,1-3H3/q+1. The molecule has 0 radical (unpaired) electrons. The van der Waals surface area contributed by atoms with Crippen LogP contribution in [0.15, 0.2) is 42.0 Å². The van der Waals surface area contributed by atoms with Gasteiger partial charge in [-0.1, -0.05) is 6.08 Å². The maximum atomic E-state index is 2.34. The van der Waals surface area contributed by atoms with E-state index in [9.17, 15) is 0 Å². The van der Waals surface area contributed by atoms with Crippen LogP contribution in [0.4, 0.5) is 0 Å². The summed E-state index contributed by atoms with van der Waals surface area (Å²) < 4.78 is 4.35. The Hall–Kier alpha value is -1.77. The van der Waals surface area contributed by atoms with Gasteiger partial charge in [-0.25, -0.2) is 9.13 Å². The van der Waals surface area contributed by atoms with E-state index in [2.05, 4.69) is 65.8 Å². The lowest BCUT2D eigenvalue weighted by Gasteiger charge is -2.23. The summed E-state index contributed by atoms with van der Waals surface area (Å²) in [7, 11) is 4.19. The number of rotatable bonds is 1. The molecule has 0 atom stereocenters. The van der Waals surface area contributed by atoms with Gasteiger partial charge in [-0.3, -0.25) is 0 Å². The van der Waals surface area contributed by atoms with Crippen molar-refractivity contribution >= 4 is 5.57 Å². The maximum Gasteiger partial charge on any atom is 0.288 e. The molecule has 2 aliphatic heterocycles. The van der Waals surface area contributed by atoms with E-state index in [1.807, 2.05) is 0 Å². The largest absolute Gasteiger partial charge is 0.348 e. The summed E-state index contributed by atoms with van der Waals surface area (Å²) in [5.41, 5.74) is 4.08. The van der Waals surface area contributed by atoms with Crippen LogP contribution in [0.2, 0.25) is 0 Å². The molecule has 0 bridgehead atoms. The highest BCUT2D eigenvalue weighted by Crippen LogP contribution is 2.32. The Morgan fingerprint density at radius 2 is 2.18 bits per heavy atom. The Bertz CT molecular complexity index is 539. The lowest BCUT2D eigenvalue weighted by atomic mass is 10.0. The zero-order valence-corrected chi connectivity index (χ0v) is 10.6. The third kappa shape index (κ3) is 1.46. The number of nitrogens with zero attached hydrogens (tertiary/aromatic N) is 3. The molecule has 0 unspecified atom stereocenters. The van der Waals surface area contributed by atoms with Crippen LogP contribution in [0.1, 0.15) is 19.2 Å². The van der Waals surface area contributed by atoms with Crippen LogP contribution < -0.4 is 4.57 Å². The van der Waals surface area contributed by atoms with Gasteiger partial charge < -0.3 is 4.90 Å². The smallest absolute Gasteiger partial charge is 0.288 e. The first-order valence-corrected chi connectivity index (χ1v) is 6.06. The molecule has 3 heterocycles. The summed E-state index contributed by atoms with van der Waals surface area (Å²) in [5, 5.41) is 0. The minimum Gasteiger partial charge on any atom is -0.348 e. The average Bonchev–Trinajstić information content (AvgIpc) is 2.89. The van der Waals surface area contributed by atoms with Crippen LogP contribution in [0, 0.1) is 0 Å². The molecule has 3 rings (SSSR count). The molecular formula is C14H18N3+. The highest BCUT2D eigenvalue weighted by Gasteiger charge is 2.25. The topological polar surface area (TPSA) is 12.0 Å². The third-order valence-corrected chi connectivity index (χ3v) is 3.65. The van der Waals surface area contributed by atoms with E-state index < -0.39 is 0 Å². The molecule has 1 aromatic heterocycles. The average molecular weight is 228 g/mol. The second kappa shape index (κ2) is 3.62. The molecule has 0 saturated carbocycles. The van der Waals surface area contributed by atoms with Gasteiger partial charge in [0.05, 0.1) is 19.7 Å². The first kappa shape index (κ1) is 10.4. The van der Waals surface area contributed by atoms with E-state index in [-0.39, 0.29) is 0 Å². The van der Waals surface area contributed by atoms with Crippen molar-refractivity contribution in [3.63, 3.8) is 0 Å². The molecule has 0 spiro atoms. The second-order valence-electron chi connectivity index (χ2n) is 4.77. The highest BCUT2D eigenvalue weighted by molar-refractivity contribution is 5.76. The van der Waals surface area contributed by atoms with E-state index in [1.54, 1.807) is 0 Å². The zero-order chi connectivity index (χ0) is 12.0. The Labute approximate surface area is 102 Å². The molecule has 0 aliphatic carbocycles. The van der Waals surface area contributed by atoms with Gasteiger partial charge >= 0.3 is 0 Å². The lowest BCUT2D eigenvalue weighted by Crippen LogP contribution is -2.32. The van der Waals surface area contributed by atoms with Gasteiger partial charge in [0.1, 0.15) is 12.4 Å². The first-order chi connectivity index (χ1) is 8.18. The molecule has 0 N–H and O–H groups in total. The fourth-order valence-electron chi connectivity index (χ4n) is 2.74. The van der Waals surface area contributed by atoms with Crippen LogP contribution in [0.5, 0.6) is 0 Å². The minimum atomic E-state index is 1.12. The molecule has 0 fully saturated rings. The summed E-state index contributed by atoms with van der Waals surface area (Å²) in [6.07, 6.45) is 12.1. The number of aryl methyl sites for hydroxylation is 2. The summed E-state index contributed by atoms with van der Waals surface area (Å²) in [4.78, 5) is 2.34. The van der Waals surface area contributed by atoms with E-state index in [0.717, 1.165) is 13.0 Å². The van der Waals surface area contributed by atoms with Gasteiger partial charge in [-0.15, -0.1) is 0 Å². The normalized spacial score (nSPS) is 18.8. The molecule has 3 heteroatoms. The van der Waals surface area contributed by atoms with Crippen molar-refractivity contribution in [2.75, 3.05) is 6.54 Å². The Kier molecular flexibility index (Phi) is 2.21. The molecular weight excluding hydrogens is 210 g/mol. The fourth-order valence-corrected chi connectivity index (χ4v) is 2.74. The Balaban J connectivity index is 2.16. The maximum absolute atomic E-state index is 2.34. The van der Waals surface area contributed by atoms with Gasteiger partial charge in [-0.05, 0) is 25.0 Å². The number of aromatic nitrogens is 2. The minimum absolute atomic E-state index is 1.12. The number of fused-ring (bicyclic) bond motifs is 1. The van der Waals surface area contributed by atoms with Crippen LogP contribution in [0.3, 0.4) is 0 Å². The number of hydrogen-bond acceptors (Lipinski definition) is 1. The summed E-state index contributed by atoms with van der Waals surface area (Å²) >= 11 is 0. The van der Waals surface area contributed by atoms with Gasteiger partial charge in [0, 0.05) is 18.4 Å². The van der Waals surface area contributed by atoms with Crippen LogP contribution in [-0.4, -0.2) is 16.0 Å². The first-order valence-electron chi connectivity index (χ1n) is 6.06. The predicted octanol–water partition coefficient (Wildman–Crippen LogP) is 1.74. The Morgan fingerprint density at radius 1 is 1.35 bits per heavy atom. The lowest BCUT2D eigenvalue weighted by molar-refractivity contribution is -0.673. The van der Waals surface area contributed by atoms with Gasteiger partial charge in [0.2, 0.25) is 0 Å². The molecule has 0 saturated heterocycles. The molecule has 2 aliphatic rings. The van der Waals surface area contributed by atoms with Gasteiger partial charge in [0.15, 0.2) is 0 Å². The van der Waals surface area contributed by atoms with E-state index in [4.69, 9.17) is 0 Å². The SMILES string of the molecule is CC1=C(c2n(C)cc[n+]2C)C=CN2CCC=C12. The van der Waals surface area contributed by atoms with Crippen molar-refractivity contribution in [1.29, 1.82) is 0 Å². The summed E-state index contributed by atoms with van der Waals surface area (Å²) in [5.74, 6) is 1.26. The quantitative estimate of drug-likeness (QED) is 0.667. The molecule has 17 heavy (non-hydrogen) atoms. The van der Waals surface area contributed by atoms with E-state index in [0.29, 0.717) is 0 Å². The van der Waals surface area contributed by atoms with Crippen molar-refractivity contribution < 1.29 is 4.57 Å². The van der Waals surface area contributed by atoms with Crippen molar-refractivity contribution in [3.8, 4) is 0 Å². The number of imidazole rings is 1. The fraction of sp³-hybridized carbons (Fsp3) is 0.357. The van der Waals surface area contributed by atoms with Gasteiger partial charge in [-0.2, -0.15) is 0 Å². The van der Waals surface area contributed by atoms with Crippen LogP contribution in [0.25, 0.3) is 5.57 Å². The second-order valence-corrected chi connectivity index (χ2v) is 4.77.